The molecule has 3 rings (SSSR count). The average molecular weight is 513 g/mol. The van der Waals surface area contributed by atoms with Gasteiger partial charge in [0.1, 0.15) is 12.1 Å². The summed E-state index contributed by atoms with van der Waals surface area (Å²) in [5, 5.41) is 2.94. The van der Waals surface area contributed by atoms with Crippen LogP contribution in [0.25, 0.3) is 0 Å². The maximum Gasteiger partial charge on any atom is 0.251 e. The first-order valence-corrected chi connectivity index (χ1v) is 13.9. The molecule has 1 aromatic carbocycles. The van der Waals surface area contributed by atoms with Crippen LogP contribution in [0.1, 0.15) is 77.6 Å². The topological polar surface area (TPSA) is 90.0 Å². The summed E-state index contributed by atoms with van der Waals surface area (Å²) in [6, 6.07) is 5.80. The Kier molecular flexibility index (Phi) is 9.74. The number of anilines is 1. The molecule has 2 fully saturated rings. The molecule has 3 amide bonds. The van der Waals surface area contributed by atoms with Gasteiger partial charge in [-0.05, 0) is 62.8 Å². The fraction of sp³-hybridized carbons (Fsp3) is 0.655. The second kappa shape index (κ2) is 12.6. The fourth-order valence-electron chi connectivity index (χ4n) is 5.50. The molecule has 0 bridgehead atoms. The van der Waals surface area contributed by atoms with Crippen molar-refractivity contribution in [3.63, 3.8) is 0 Å². The number of fused-ring (bicyclic) bond motifs is 1. The molecular formula is C29H44N4O4. The lowest BCUT2D eigenvalue weighted by Crippen LogP contribution is -2.53. The molecule has 0 aromatic heterocycles. The highest BCUT2D eigenvalue weighted by molar-refractivity contribution is 6.01. The number of hydrogen-bond acceptors (Lipinski definition) is 5. The van der Waals surface area contributed by atoms with Crippen LogP contribution < -0.4 is 10.2 Å². The van der Waals surface area contributed by atoms with Crippen LogP contribution in [0, 0.1) is 11.8 Å². The van der Waals surface area contributed by atoms with Crippen LogP contribution in [0.2, 0.25) is 0 Å². The number of nitrogens with zero attached hydrogens (tertiary/aromatic N) is 3. The van der Waals surface area contributed by atoms with Crippen molar-refractivity contribution in [1.29, 1.82) is 0 Å². The van der Waals surface area contributed by atoms with Crippen molar-refractivity contribution >= 4 is 29.2 Å². The van der Waals surface area contributed by atoms with Gasteiger partial charge in [0.15, 0.2) is 5.78 Å². The molecule has 0 saturated carbocycles. The molecule has 2 aliphatic rings. The molecule has 4 atom stereocenters. The molecule has 2 saturated heterocycles. The lowest BCUT2D eigenvalue weighted by molar-refractivity contribution is -0.138. The highest BCUT2D eigenvalue weighted by Crippen LogP contribution is 2.32. The van der Waals surface area contributed by atoms with Crippen molar-refractivity contribution in [3.05, 3.63) is 29.8 Å². The zero-order valence-electron chi connectivity index (χ0n) is 23.3. The van der Waals surface area contributed by atoms with Crippen molar-refractivity contribution in [2.45, 2.75) is 85.4 Å². The largest absolute Gasteiger partial charge is 0.372 e. The van der Waals surface area contributed by atoms with Gasteiger partial charge in [0.05, 0.1) is 12.6 Å². The Morgan fingerprint density at radius 3 is 2.24 bits per heavy atom. The Hall–Kier alpha value is -2.90. The van der Waals surface area contributed by atoms with E-state index in [1.54, 1.807) is 21.9 Å². The molecule has 0 spiro atoms. The number of likely N-dealkylation sites (tertiary alicyclic amines) is 2. The first kappa shape index (κ1) is 28.7. The standard InChI is InChI=1S/C29H44N4O4/c1-7-20(6)17-26(35)33-18-25(34)27-24(33)14-15-32(27)29(37)23(16-19(4)5)30-28(36)21-10-12-22(13-11-21)31(8-2)9-3/h10-13,19-20,23-24,27H,7-9,14-18H2,1-6H3,(H,30,36). The van der Waals surface area contributed by atoms with E-state index < -0.39 is 12.1 Å². The number of benzene rings is 1. The molecular weight excluding hydrogens is 468 g/mol. The van der Waals surface area contributed by atoms with E-state index in [2.05, 4.69) is 31.0 Å². The summed E-state index contributed by atoms with van der Waals surface area (Å²) in [5.41, 5.74) is 1.54. The van der Waals surface area contributed by atoms with Gasteiger partial charge in [0, 0.05) is 37.3 Å². The Morgan fingerprint density at radius 2 is 1.68 bits per heavy atom. The van der Waals surface area contributed by atoms with Crippen LogP contribution in [0.15, 0.2) is 24.3 Å². The Balaban J connectivity index is 1.73. The molecule has 8 nitrogen and oxygen atoms in total. The average Bonchev–Trinajstić information content (AvgIpc) is 3.45. The zero-order valence-corrected chi connectivity index (χ0v) is 23.3. The van der Waals surface area contributed by atoms with E-state index in [-0.39, 0.29) is 47.9 Å². The van der Waals surface area contributed by atoms with Crippen LogP contribution in [0.5, 0.6) is 0 Å². The van der Waals surface area contributed by atoms with Crippen LogP contribution in [-0.4, -0.2) is 77.6 Å². The summed E-state index contributed by atoms with van der Waals surface area (Å²) in [5.74, 6) is -0.208. The molecule has 8 heteroatoms. The maximum atomic E-state index is 13.7. The van der Waals surface area contributed by atoms with Gasteiger partial charge >= 0.3 is 0 Å². The molecule has 0 aliphatic carbocycles. The molecule has 2 aliphatic heterocycles. The second-order valence-electron chi connectivity index (χ2n) is 10.9. The molecule has 1 N–H and O–H groups in total. The van der Waals surface area contributed by atoms with E-state index >= 15 is 0 Å². The SMILES string of the molecule is CCC(C)CC(=O)N1CC(=O)C2C1CCN2C(=O)C(CC(C)C)NC(=O)c1ccc(N(CC)CC)cc1. The third-order valence-electron chi connectivity index (χ3n) is 7.81. The number of ketones is 1. The van der Waals surface area contributed by atoms with Crippen molar-refractivity contribution in [2.75, 3.05) is 31.1 Å². The van der Waals surface area contributed by atoms with Gasteiger partial charge in [-0.3, -0.25) is 19.2 Å². The number of amides is 3. The van der Waals surface area contributed by atoms with E-state index in [9.17, 15) is 19.2 Å². The van der Waals surface area contributed by atoms with Gasteiger partial charge < -0.3 is 20.0 Å². The monoisotopic (exact) mass is 512 g/mol. The summed E-state index contributed by atoms with van der Waals surface area (Å²) in [7, 11) is 0. The van der Waals surface area contributed by atoms with Crippen molar-refractivity contribution < 1.29 is 19.2 Å². The Labute approximate surface area is 221 Å². The van der Waals surface area contributed by atoms with Crippen molar-refractivity contribution in [1.82, 2.24) is 15.1 Å². The molecule has 1 aromatic rings. The molecule has 2 heterocycles. The van der Waals surface area contributed by atoms with Gasteiger partial charge in [-0.1, -0.05) is 34.1 Å². The quantitative estimate of drug-likeness (QED) is 0.490. The van der Waals surface area contributed by atoms with Crippen LogP contribution in [-0.2, 0) is 14.4 Å². The summed E-state index contributed by atoms with van der Waals surface area (Å²) < 4.78 is 0. The van der Waals surface area contributed by atoms with E-state index in [0.717, 1.165) is 25.2 Å². The van der Waals surface area contributed by atoms with Gasteiger partial charge in [-0.25, -0.2) is 0 Å². The summed E-state index contributed by atoms with van der Waals surface area (Å²) >= 11 is 0. The van der Waals surface area contributed by atoms with Gasteiger partial charge in [0.2, 0.25) is 11.8 Å². The number of carbonyl (C=O) groups excluding carboxylic acids is 4. The van der Waals surface area contributed by atoms with Gasteiger partial charge in [-0.15, -0.1) is 0 Å². The second-order valence-corrected chi connectivity index (χ2v) is 10.9. The first-order valence-electron chi connectivity index (χ1n) is 13.9. The number of rotatable bonds is 11. The number of Topliss-reactive ketones (excluding diaryl/α,β-unsaturated/α-hetero) is 1. The predicted molar refractivity (Wildman–Crippen MR) is 145 cm³/mol. The molecule has 0 radical (unpaired) electrons. The van der Waals surface area contributed by atoms with Gasteiger partial charge in [-0.2, -0.15) is 0 Å². The Morgan fingerprint density at radius 1 is 1.03 bits per heavy atom. The Bertz CT molecular complexity index is 973. The molecule has 37 heavy (non-hydrogen) atoms. The summed E-state index contributed by atoms with van der Waals surface area (Å²) in [6.07, 6.45) is 2.38. The van der Waals surface area contributed by atoms with Gasteiger partial charge in [0.25, 0.3) is 5.91 Å². The smallest absolute Gasteiger partial charge is 0.251 e. The number of nitrogens with one attached hydrogen (secondary N) is 1. The van der Waals surface area contributed by atoms with E-state index in [4.69, 9.17) is 0 Å². The van der Waals surface area contributed by atoms with Crippen LogP contribution >= 0.6 is 0 Å². The molecule has 4 unspecified atom stereocenters. The maximum absolute atomic E-state index is 13.7. The van der Waals surface area contributed by atoms with Crippen LogP contribution in [0.4, 0.5) is 5.69 Å². The highest BCUT2D eigenvalue weighted by Gasteiger charge is 2.52. The zero-order chi connectivity index (χ0) is 27.3. The lowest BCUT2D eigenvalue weighted by Gasteiger charge is -2.29. The first-order chi connectivity index (χ1) is 17.6. The number of hydrogen-bond donors (Lipinski definition) is 1. The third-order valence-corrected chi connectivity index (χ3v) is 7.81. The highest BCUT2D eigenvalue weighted by atomic mass is 16.2. The predicted octanol–water partition coefficient (Wildman–Crippen LogP) is 3.49. The van der Waals surface area contributed by atoms with E-state index in [1.165, 1.54) is 0 Å². The summed E-state index contributed by atoms with van der Waals surface area (Å²) in [4.78, 5) is 58.2. The number of carbonyl (C=O) groups is 4. The minimum atomic E-state index is -0.730. The van der Waals surface area contributed by atoms with Crippen LogP contribution in [0.3, 0.4) is 0 Å². The molecule has 204 valence electrons. The van der Waals surface area contributed by atoms with E-state index in [0.29, 0.717) is 31.4 Å². The lowest BCUT2D eigenvalue weighted by atomic mass is 10.0. The minimum Gasteiger partial charge on any atom is -0.372 e. The normalized spacial score (nSPS) is 20.7. The van der Waals surface area contributed by atoms with E-state index in [1.807, 2.05) is 32.9 Å². The van der Waals surface area contributed by atoms with Crippen molar-refractivity contribution in [3.8, 4) is 0 Å². The summed E-state index contributed by atoms with van der Waals surface area (Å²) in [6.45, 7) is 14.5. The fourth-order valence-corrected chi connectivity index (χ4v) is 5.50. The van der Waals surface area contributed by atoms with Crippen molar-refractivity contribution in [2.24, 2.45) is 11.8 Å². The minimum absolute atomic E-state index is 0.00955. The third kappa shape index (κ3) is 6.51.